The highest BCUT2D eigenvalue weighted by Crippen LogP contribution is 2.40. The Bertz CT molecular complexity index is 717. The Hall–Kier alpha value is -2.31. The van der Waals surface area contributed by atoms with E-state index in [2.05, 4.69) is 0 Å². The largest absolute Gasteiger partial charge is 0.486 e. The molecule has 1 aliphatic heterocycles. The van der Waals surface area contributed by atoms with Gasteiger partial charge < -0.3 is 14.6 Å². The summed E-state index contributed by atoms with van der Waals surface area (Å²) >= 11 is 5.81. The van der Waals surface area contributed by atoms with E-state index in [1.807, 2.05) is 0 Å². The molecule has 0 saturated heterocycles. The van der Waals surface area contributed by atoms with Gasteiger partial charge in [0, 0.05) is 5.02 Å². The monoisotopic (exact) mass is 321 g/mol. The van der Waals surface area contributed by atoms with Gasteiger partial charge in [-0.1, -0.05) is 23.7 Å². The van der Waals surface area contributed by atoms with Crippen LogP contribution in [-0.4, -0.2) is 23.2 Å². The Balaban J connectivity index is 2.07. The predicted molar refractivity (Wildman–Crippen MR) is 79.6 cm³/mol. The maximum absolute atomic E-state index is 11.3. The highest BCUT2D eigenvalue weighted by Gasteiger charge is 2.27. The number of hydrogen-bond donors (Lipinski definition) is 1. The summed E-state index contributed by atoms with van der Waals surface area (Å²) in [6.45, 7) is 0.699. The zero-order valence-electron chi connectivity index (χ0n) is 11.4. The van der Waals surface area contributed by atoms with Crippen LogP contribution in [-0.2, 0) is 0 Å². The Morgan fingerprint density at radius 3 is 2.32 bits per heavy atom. The second-order valence-electron chi connectivity index (χ2n) is 4.77. The molecular weight excluding hydrogens is 310 g/mol. The van der Waals surface area contributed by atoms with Crippen molar-refractivity contribution in [1.82, 2.24) is 0 Å². The fourth-order valence-electron chi connectivity index (χ4n) is 2.30. The average molecular weight is 322 g/mol. The fourth-order valence-corrected chi connectivity index (χ4v) is 2.42. The first-order valence-corrected chi connectivity index (χ1v) is 6.95. The number of nitro groups is 1. The minimum absolute atomic E-state index is 0.150. The van der Waals surface area contributed by atoms with Gasteiger partial charge in [0.1, 0.15) is 19.3 Å². The van der Waals surface area contributed by atoms with E-state index in [0.717, 1.165) is 0 Å². The van der Waals surface area contributed by atoms with E-state index in [1.165, 1.54) is 12.1 Å². The molecule has 0 amide bonds. The normalized spacial score (nSPS) is 14.5. The Morgan fingerprint density at radius 2 is 1.73 bits per heavy atom. The standard InChI is InChI=1S/C15H12ClNO5/c16-10-3-1-9(2-4-10)15(18)11-7-13-14(22-6-5-21-13)8-12(11)17(19)20/h1-4,7-8,15,18H,5-6H2/t15-/m0/s1. The molecule has 114 valence electrons. The number of ether oxygens (including phenoxy) is 2. The third kappa shape index (κ3) is 2.70. The number of rotatable bonds is 3. The van der Waals surface area contributed by atoms with Crippen LogP contribution in [0.1, 0.15) is 17.2 Å². The van der Waals surface area contributed by atoms with Crippen molar-refractivity contribution in [2.45, 2.75) is 6.10 Å². The van der Waals surface area contributed by atoms with Crippen LogP contribution >= 0.6 is 11.6 Å². The number of halogens is 1. The lowest BCUT2D eigenvalue weighted by Gasteiger charge is -2.20. The molecule has 0 saturated carbocycles. The summed E-state index contributed by atoms with van der Waals surface area (Å²) in [5.41, 5.74) is 0.437. The van der Waals surface area contributed by atoms with Crippen LogP contribution in [0.4, 0.5) is 5.69 Å². The number of benzene rings is 2. The highest BCUT2D eigenvalue weighted by molar-refractivity contribution is 6.30. The lowest BCUT2D eigenvalue weighted by Crippen LogP contribution is -2.16. The molecule has 0 bridgehead atoms. The van der Waals surface area contributed by atoms with E-state index >= 15 is 0 Å². The Labute approximate surface area is 131 Å². The van der Waals surface area contributed by atoms with Crippen molar-refractivity contribution in [3.05, 3.63) is 62.7 Å². The smallest absolute Gasteiger partial charge is 0.279 e. The van der Waals surface area contributed by atoms with Gasteiger partial charge in [-0.05, 0) is 23.8 Å². The van der Waals surface area contributed by atoms with Crippen LogP contribution in [0.3, 0.4) is 0 Å². The molecule has 1 atom stereocenters. The van der Waals surface area contributed by atoms with Crippen LogP contribution in [0, 0.1) is 10.1 Å². The summed E-state index contributed by atoms with van der Waals surface area (Å²) in [6.07, 6.45) is -1.16. The molecule has 0 radical (unpaired) electrons. The summed E-state index contributed by atoms with van der Waals surface area (Å²) in [4.78, 5) is 10.7. The molecule has 0 fully saturated rings. The van der Waals surface area contributed by atoms with Crippen LogP contribution in [0.2, 0.25) is 5.02 Å². The number of nitrogens with zero attached hydrogens (tertiary/aromatic N) is 1. The number of aliphatic hydroxyl groups is 1. The molecular formula is C15H12ClNO5. The fraction of sp³-hybridized carbons (Fsp3) is 0.200. The molecule has 0 aromatic heterocycles. The lowest BCUT2D eigenvalue weighted by molar-refractivity contribution is -0.386. The first kappa shape index (κ1) is 14.6. The van der Waals surface area contributed by atoms with E-state index in [-0.39, 0.29) is 11.3 Å². The molecule has 1 aliphatic rings. The van der Waals surface area contributed by atoms with Gasteiger partial charge in [0.05, 0.1) is 16.6 Å². The van der Waals surface area contributed by atoms with Crippen LogP contribution in [0.5, 0.6) is 11.5 Å². The first-order chi connectivity index (χ1) is 10.6. The minimum atomic E-state index is -1.16. The van der Waals surface area contributed by atoms with Crippen LogP contribution < -0.4 is 9.47 Å². The number of aliphatic hydroxyl groups excluding tert-OH is 1. The number of hydrogen-bond acceptors (Lipinski definition) is 5. The van der Waals surface area contributed by atoms with Gasteiger partial charge in [0.15, 0.2) is 11.5 Å². The highest BCUT2D eigenvalue weighted by atomic mass is 35.5. The zero-order valence-corrected chi connectivity index (χ0v) is 12.1. The van der Waals surface area contributed by atoms with Gasteiger partial charge in [-0.3, -0.25) is 10.1 Å². The van der Waals surface area contributed by atoms with Gasteiger partial charge in [-0.25, -0.2) is 0 Å². The van der Waals surface area contributed by atoms with Crippen molar-refractivity contribution in [3.63, 3.8) is 0 Å². The van der Waals surface area contributed by atoms with Crippen molar-refractivity contribution in [3.8, 4) is 11.5 Å². The predicted octanol–water partition coefficient (Wildman–Crippen LogP) is 3.10. The molecule has 1 N–H and O–H groups in total. The van der Waals surface area contributed by atoms with E-state index < -0.39 is 11.0 Å². The molecule has 6 nitrogen and oxygen atoms in total. The van der Waals surface area contributed by atoms with Crippen molar-refractivity contribution >= 4 is 17.3 Å². The average Bonchev–Trinajstić information content (AvgIpc) is 2.53. The first-order valence-electron chi connectivity index (χ1n) is 6.57. The quantitative estimate of drug-likeness (QED) is 0.694. The molecule has 3 rings (SSSR count). The van der Waals surface area contributed by atoms with E-state index in [9.17, 15) is 15.2 Å². The number of nitro benzene ring substituents is 1. The Morgan fingerprint density at radius 1 is 1.14 bits per heavy atom. The maximum atomic E-state index is 11.3. The molecule has 7 heteroatoms. The molecule has 1 heterocycles. The van der Waals surface area contributed by atoms with Gasteiger partial charge in [0.2, 0.25) is 0 Å². The molecule has 2 aromatic rings. The van der Waals surface area contributed by atoms with Gasteiger partial charge in [-0.2, -0.15) is 0 Å². The van der Waals surface area contributed by atoms with Gasteiger partial charge >= 0.3 is 0 Å². The van der Waals surface area contributed by atoms with Crippen LogP contribution in [0.25, 0.3) is 0 Å². The Kier molecular flexibility index (Phi) is 3.87. The summed E-state index contributed by atoms with van der Waals surface area (Å²) < 4.78 is 10.8. The van der Waals surface area contributed by atoms with Gasteiger partial charge in [-0.15, -0.1) is 0 Å². The summed E-state index contributed by atoms with van der Waals surface area (Å²) in [6, 6.07) is 9.20. The van der Waals surface area contributed by atoms with E-state index in [0.29, 0.717) is 35.3 Å². The third-order valence-electron chi connectivity index (χ3n) is 3.37. The zero-order chi connectivity index (χ0) is 15.7. The summed E-state index contributed by atoms with van der Waals surface area (Å²) in [7, 11) is 0. The lowest BCUT2D eigenvalue weighted by atomic mass is 9.99. The van der Waals surface area contributed by atoms with Crippen LogP contribution in [0.15, 0.2) is 36.4 Å². The number of fused-ring (bicyclic) bond motifs is 1. The SMILES string of the molecule is O=[N+]([O-])c1cc2c(cc1[C@@H](O)c1ccc(Cl)cc1)OCCO2. The van der Waals surface area contributed by atoms with Gasteiger partial charge in [0.25, 0.3) is 5.69 Å². The van der Waals surface area contributed by atoms with Crippen molar-refractivity contribution in [2.24, 2.45) is 0 Å². The second kappa shape index (κ2) is 5.82. The molecule has 0 unspecified atom stereocenters. The topological polar surface area (TPSA) is 81.8 Å². The van der Waals surface area contributed by atoms with E-state index in [1.54, 1.807) is 24.3 Å². The molecule has 0 spiro atoms. The molecule has 22 heavy (non-hydrogen) atoms. The van der Waals surface area contributed by atoms with Crippen molar-refractivity contribution < 1.29 is 19.5 Å². The second-order valence-corrected chi connectivity index (χ2v) is 5.20. The third-order valence-corrected chi connectivity index (χ3v) is 3.62. The summed E-state index contributed by atoms with van der Waals surface area (Å²) in [5, 5.41) is 22.3. The summed E-state index contributed by atoms with van der Waals surface area (Å²) in [5.74, 6) is 0.699. The van der Waals surface area contributed by atoms with Crippen molar-refractivity contribution in [2.75, 3.05) is 13.2 Å². The molecule has 2 aromatic carbocycles. The maximum Gasteiger partial charge on any atom is 0.279 e. The van der Waals surface area contributed by atoms with Crippen molar-refractivity contribution in [1.29, 1.82) is 0 Å². The minimum Gasteiger partial charge on any atom is -0.486 e. The van der Waals surface area contributed by atoms with E-state index in [4.69, 9.17) is 21.1 Å². The molecule has 0 aliphatic carbocycles.